The Morgan fingerprint density at radius 1 is 1.29 bits per heavy atom. The molecule has 0 rings (SSSR count). The van der Waals surface area contributed by atoms with Crippen LogP contribution >= 0.6 is 0 Å². The lowest BCUT2D eigenvalue weighted by molar-refractivity contribution is -0.117. The van der Waals surface area contributed by atoms with E-state index in [4.69, 9.17) is 0 Å². The quantitative estimate of drug-likeness (QED) is 0.493. The van der Waals surface area contributed by atoms with Crippen molar-refractivity contribution in [2.24, 2.45) is 5.92 Å². The number of amides is 1. The molecule has 0 saturated heterocycles. The van der Waals surface area contributed by atoms with Gasteiger partial charge < -0.3 is 5.32 Å². The predicted octanol–water partition coefficient (Wildman–Crippen LogP) is 2.90. The van der Waals surface area contributed by atoms with Gasteiger partial charge in [-0.1, -0.05) is 39.7 Å². The fraction of sp³-hybridized carbons (Fsp3) is 0.750. The molecule has 1 N–H and O–H groups in total. The summed E-state index contributed by atoms with van der Waals surface area (Å²) in [5.74, 6) is 0.772. The van der Waals surface area contributed by atoms with E-state index in [0.717, 1.165) is 18.9 Å². The Hall–Kier alpha value is -0.790. The first-order valence-electron chi connectivity index (χ1n) is 5.47. The molecule has 0 aliphatic heterocycles. The molecule has 0 unspecified atom stereocenters. The maximum atomic E-state index is 11.1. The summed E-state index contributed by atoms with van der Waals surface area (Å²) in [6.07, 6.45) is 4.83. The summed E-state index contributed by atoms with van der Waals surface area (Å²) >= 11 is 0. The van der Waals surface area contributed by atoms with Crippen LogP contribution in [0.2, 0.25) is 0 Å². The fourth-order valence-corrected chi connectivity index (χ4v) is 1.21. The highest BCUT2D eigenvalue weighted by atomic mass is 16.1. The van der Waals surface area contributed by atoms with Crippen LogP contribution in [0, 0.1) is 5.92 Å². The van der Waals surface area contributed by atoms with Gasteiger partial charge in [0.1, 0.15) is 0 Å². The van der Waals surface area contributed by atoms with Crippen LogP contribution in [0.1, 0.15) is 46.5 Å². The molecule has 0 spiro atoms. The number of carbonyl (C=O) groups excluding carboxylic acids is 1. The molecule has 14 heavy (non-hydrogen) atoms. The van der Waals surface area contributed by atoms with Gasteiger partial charge in [-0.3, -0.25) is 4.79 Å². The molecule has 0 saturated carbocycles. The zero-order valence-corrected chi connectivity index (χ0v) is 9.73. The van der Waals surface area contributed by atoms with E-state index >= 15 is 0 Å². The molecule has 0 heterocycles. The van der Waals surface area contributed by atoms with Gasteiger partial charge >= 0.3 is 0 Å². The maximum Gasteiger partial charge on any atom is 0.246 e. The molecule has 0 aliphatic rings. The van der Waals surface area contributed by atoms with E-state index < -0.39 is 0 Å². The molecular formula is C12H23NO. The highest BCUT2D eigenvalue weighted by Crippen LogP contribution is 2.07. The van der Waals surface area contributed by atoms with Crippen LogP contribution in [-0.2, 0) is 4.79 Å². The number of rotatable bonds is 7. The summed E-state index contributed by atoms with van der Waals surface area (Å²) in [5.41, 5.74) is 0.590. The molecular weight excluding hydrogens is 174 g/mol. The van der Waals surface area contributed by atoms with Gasteiger partial charge in [-0.05, 0) is 19.3 Å². The smallest absolute Gasteiger partial charge is 0.246 e. The van der Waals surface area contributed by atoms with Gasteiger partial charge in [0, 0.05) is 12.1 Å². The molecule has 0 aromatic heterocycles. The van der Waals surface area contributed by atoms with Gasteiger partial charge in [0.15, 0.2) is 0 Å². The van der Waals surface area contributed by atoms with Gasteiger partial charge in [0.2, 0.25) is 5.91 Å². The molecule has 0 aromatic carbocycles. The predicted molar refractivity (Wildman–Crippen MR) is 61.1 cm³/mol. The molecule has 2 heteroatoms. The molecule has 0 aromatic rings. The summed E-state index contributed by atoms with van der Waals surface area (Å²) in [5, 5.41) is 2.83. The van der Waals surface area contributed by atoms with Crippen LogP contribution in [0.4, 0.5) is 0 Å². The minimum absolute atomic E-state index is 0.0196. The second-order valence-electron chi connectivity index (χ2n) is 4.28. The molecule has 1 amide bonds. The van der Waals surface area contributed by atoms with E-state index in [-0.39, 0.29) is 5.91 Å². The zero-order chi connectivity index (χ0) is 11.0. The van der Waals surface area contributed by atoms with Gasteiger partial charge in [-0.2, -0.15) is 0 Å². The summed E-state index contributed by atoms with van der Waals surface area (Å²) in [7, 11) is 0. The lowest BCUT2D eigenvalue weighted by Gasteiger charge is -2.05. The minimum Gasteiger partial charge on any atom is -0.352 e. The van der Waals surface area contributed by atoms with E-state index in [1.54, 1.807) is 6.92 Å². The standard InChI is InChI=1S/C12H23NO/c1-10(2)8-6-5-7-9-13-12(14)11(3)4/h10H,3,5-9H2,1-2,4H3,(H,13,14). The number of hydrogen-bond acceptors (Lipinski definition) is 1. The van der Waals surface area contributed by atoms with Crippen molar-refractivity contribution in [2.75, 3.05) is 6.54 Å². The van der Waals surface area contributed by atoms with Gasteiger partial charge in [-0.25, -0.2) is 0 Å². The lowest BCUT2D eigenvalue weighted by atomic mass is 10.1. The SMILES string of the molecule is C=C(C)C(=O)NCCCCCC(C)C. The zero-order valence-electron chi connectivity index (χ0n) is 9.73. The minimum atomic E-state index is -0.0196. The Bertz CT molecular complexity index is 185. The van der Waals surface area contributed by atoms with Gasteiger partial charge in [-0.15, -0.1) is 0 Å². The second-order valence-corrected chi connectivity index (χ2v) is 4.28. The van der Waals surface area contributed by atoms with Crippen molar-refractivity contribution in [1.82, 2.24) is 5.32 Å². The first-order chi connectivity index (χ1) is 6.54. The van der Waals surface area contributed by atoms with Gasteiger partial charge in [0.05, 0.1) is 0 Å². The summed E-state index contributed by atoms with van der Waals surface area (Å²) in [4.78, 5) is 11.1. The molecule has 0 bridgehead atoms. The van der Waals surface area contributed by atoms with Crippen LogP contribution in [0.25, 0.3) is 0 Å². The summed E-state index contributed by atoms with van der Waals surface area (Å²) in [6.45, 7) is 10.6. The normalized spacial score (nSPS) is 10.3. The first-order valence-corrected chi connectivity index (χ1v) is 5.47. The molecule has 0 aliphatic carbocycles. The number of unbranched alkanes of at least 4 members (excludes halogenated alkanes) is 2. The Morgan fingerprint density at radius 3 is 2.43 bits per heavy atom. The Balaban J connectivity index is 3.22. The van der Waals surface area contributed by atoms with Crippen molar-refractivity contribution < 1.29 is 4.79 Å². The molecule has 0 radical (unpaired) electrons. The fourth-order valence-electron chi connectivity index (χ4n) is 1.21. The van der Waals surface area contributed by atoms with Crippen LogP contribution < -0.4 is 5.32 Å². The van der Waals surface area contributed by atoms with E-state index in [9.17, 15) is 4.79 Å². The third-order valence-electron chi connectivity index (χ3n) is 2.13. The second kappa shape index (κ2) is 7.60. The third-order valence-corrected chi connectivity index (χ3v) is 2.13. The van der Waals surface area contributed by atoms with Crippen molar-refractivity contribution in [1.29, 1.82) is 0 Å². The Labute approximate surface area is 87.8 Å². The number of carbonyl (C=O) groups is 1. The average Bonchev–Trinajstić information content (AvgIpc) is 2.09. The van der Waals surface area contributed by atoms with Crippen molar-refractivity contribution in [3.63, 3.8) is 0 Å². The lowest BCUT2D eigenvalue weighted by Crippen LogP contribution is -2.24. The molecule has 0 atom stereocenters. The van der Waals surface area contributed by atoms with E-state index in [2.05, 4.69) is 25.7 Å². The van der Waals surface area contributed by atoms with Crippen molar-refractivity contribution in [2.45, 2.75) is 46.5 Å². The van der Waals surface area contributed by atoms with Crippen molar-refractivity contribution >= 4 is 5.91 Å². The highest BCUT2D eigenvalue weighted by molar-refractivity contribution is 5.91. The molecule has 82 valence electrons. The summed E-state index contributed by atoms with van der Waals surface area (Å²) < 4.78 is 0. The first kappa shape index (κ1) is 13.2. The van der Waals surface area contributed by atoms with Crippen LogP contribution in [-0.4, -0.2) is 12.5 Å². The Morgan fingerprint density at radius 2 is 1.93 bits per heavy atom. The molecule has 0 fully saturated rings. The largest absolute Gasteiger partial charge is 0.352 e. The average molecular weight is 197 g/mol. The molecule has 2 nitrogen and oxygen atoms in total. The number of hydrogen-bond donors (Lipinski definition) is 1. The van der Waals surface area contributed by atoms with E-state index in [1.807, 2.05) is 0 Å². The van der Waals surface area contributed by atoms with Crippen LogP contribution in [0.3, 0.4) is 0 Å². The van der Waals surface area contributed by atoms with Crippen molar-refractivity contribution in [3.05, 3.63) is 12.2 Å². The highest BCUT2D eigenvalue weighted by Gasteiger charge is 1.99. The van der Waals surface area contributed by atoms with E-state index in [1.165, 1.54) is 19.3 Å². The van der Waals surface area contributed by atoms with Crippen LogP contribution in [0.5, 0.6) is 0 Å². The van der Waals surface area contributed by atoms with Crippen molar-refractivity contribution in [3.8, 4) is 0 Å². The third kappa shape index (κ3) is 7.84. The monoisotopic (exact) mass is 197 g/mol. The topological polar surface area (TPSA) is 29.1 Å². The Kier molecular flexibility index (Phi) is 7.17. The van der Waals surface area contributed by atoms with Crippen LogP contribution in [0.15, 0.2) is 12.2 Å². The summed E-state index contributed by atoms with van der Waals surface area (Å²) in [6, 6.07) is 0. The van der Waals surface area contributed by atoms with Gasteiger partial charge in [0.25, 0.3) is 0 Å². The van der Waals surface area contributed by atoms with E-state index in [0.29, 0.717) is 5.57 Å². The maximum absolute atomic E-state index is 11.1. The number of nitrogens with one attached hydrogen (secondary N) is 1.